The number of rotatable bonds is 2. The van der Waals surface area contributed by atoms with Gasteiger partial charge in [-0.1, -0.05) is 11.3 Å². The number of nitrogens with one attached hydrogen (secondary N) is 1. The minimum atomic E-state index is -3.01. The SMILES string of the molecule is Nc1cnc(NC2C=CS(=O)(=O)C2)s1. The van der Waals surface area contributed by atoms with Gasteiger partial charge >= 0.3 is 0 Å². The summed E-state index contributed by atoms with van der Waals surface area (Å²) in [6, 6.07) is -0.189. The van der Waals surface area contributed by atoms with Crippen LogP contribution < -0.4 is 11.1 Å². The van der Waals surface area contributed by atoms with Crippen LogP contribution in [0, 0.1) is 0 Å². The van der Waals surface area contributed by atoms with Crippen molar-refractivity contribution in [2.75, 3.05) is 16.8 Å². The maximum atomic E-state index is 11.1. The highest BCUT2D eigenvalue weighted by molar-refractivity contribution is 7.94. The van der Waals surface area contributed by atoms with Crippen molar-refractivity contribution >= 4 is 31.3 Å². The number of nitrogens with zero attached hydrogens (tertiary/aromatic N) is 1. The van der Waals surface area contributed by atoms with E-state index in [1.807, 2.05) is 0 Å². The third kappa shape index (κ3) is 2.05. The summed E-state index contributed by atoms with van der Waals surface area (Å²) in [7, 11) is -3.01. The topological polar surface area (TPSA) is 85.1 Å². The summed E-state index contributed by atoms with van der Waals surface area (Å²) in [6.07, 6.45) is 3.16. The summed E-state index contributed by atoms with van der Waals surface area (Å²) < 4.78 is 22.1. The molecule has 14 heavy (non-hydrogen) atoms. The highest BCUT2D eigenvalue weighted by Gasteiger charge is 2.21. The molecule has 0 aliphatic carbocycles. The molecule has 2 heterocycles. The predicted molar refractivity (Wildman–Crippen MR) is 56.9 cm³/mol. The van der Waals surface area contributed by atoms with Gasteiger partial charge in [0, 0.05) is 5.41 Å². The molecule has 1 unspecified atom stereocenters. The molecule has 7 heteroatoms. The molecule has 0 spiro atoms. The highest BCUT2D eigenvalue weighted by atomic mass is 32.2. The molecular weight excluding hydrogens is 222 g/mol. The molecule has 1 atom stereocenters. The monoisotopic (exact) mass is 231 g/mol. The van der Waals surface area contributed by atoms with Gasteiger partial charge in [0.25, 0.3) is 0 Å². The van der Waals surface area contributed by atoms with Crippen LogP contribution >= 0.6 is 11.3 Å². The van der Waals surface area contributed by atoms with Crippen LogP contribution in [-0.4, -0.2) is 25.2 Å². The van der Waals surface area contributed by atoms with E-state index in [1.165, 1.54) is 16.7 Å². The van der Waals surface area contributed by atoms with Gasteiger partial charge in [-0.15, -0.1) is 0 Å². The summed E-state index contributed by atoms with van der Waals surface area (Å²) in [5.74, 6) is 0.0898. The van der Waals surface area contributed by atoms with Gasteiger partial charge in [0.1, 0.15) is 5.00 Å². The minimum absolute atomic E-state index is 0.0898. The Hall–Kier alpha value is -1.08. The summed E-state index contributed by atoms with van der Waals surface area (Å²) in [5, 5.41) is 5.46. The number of nitrogen functional groups attached to an aromatic ring is 1. The first-order valence-corrected chi connectivity index (χ1v) is 6.47. The zero-order chi connectivity index (χ0) is 10.2. The Balaban J connectivity index is 2.05. The zero-order valence-electron chi connectivity index (χ0n) is 7.17. The summed E-state index contributed by atoms with van der Waals surface area (Å²) in [6.45, 7) is 0. The van der Waals surface area contributed by atoms with Crippen molar-refractivity contribution in [3.05, 3.63) is 17.7 Å². The van der Waals surface area contributed by atoms with Crippen molar-refractivity contribution in [2.45, 2.75) is 6.04 Å². The van der Waals surface area contributed by atoms with E-state index in [4.69, 9.17) is 5.73 Å². The van der Waals surface area contributed by atoms with Gasteiger partial charge in [-0.05, 0) is 6.08 Å². The fourth-order valence-electron chi connectivity index (χ4n) is 1.18. The van der Waals surface area contributed by atoms with E-state index < -0.39 is 9.84 Å². The molecule has 0 saturated heterocycles. The second-order valence-corrected chi connectivity index (χ2v) is 5.97. The van der Waals surface area contributed by atoms with Gasteiger partial charge in [-0.25, -0.2) is 13.4 Å². The summed E-state index contributed by atoms with van der Waals surface area (Å²) in [5.41, 5.74) is 5.49. The van der Waals surface area contributed by atoms with E-state index in [0.29, 0.717) is 10.1 Å². The maximum absolute atomic E-state index is 11.1. The van der Waals surface area contributed by atoms with Crippen LogP contribution in [0.4, 0.5) is 10.1 Å². The quantitative estimate of drug-likeness (QED) is 0.771. The first kappa shape index (κ1) is 9.47. The van der Waals surface area contributed by atoms with Crippen molar-refractivity contribution < 1.29 is 8.42 Å². The van der Waals surface area contributed by atoms with Crippen molar-refractivity contribution in [1.29, 1.82) is 0 Å². The average molecular weight is 231 g/mol. The molecule has 1 aromatic heterocycles. The van der Waals surface area contributed by atoms with Crippen LogP contribution in [0.2, 0.25) is 0 Å². The Morgan fingerprint density at radius 3 is 2.93 bits per heavy atom. The van der Waals surface area contributed by atoms with Crippen LogP contribution in [0.5, 0.6) is 0 Å². The molecule has 0 saturated carbocycles. The van der Waals surface area contributed by atoms with Gasteiger partial charge < -0.3 is 11.1 Å². The molecule has 1 aromatic rings. The molecule has 0 radical (unpaired) electrons. The summed E-state index contributed by atoms with van der Waals surface area (Å²) >= 11 is 1.30. The first-order valence-electron chi connectivity index (χ1n) is 3.94. The molecule has 0 bridgehead atoms. The van der Waals surface area contributed by atoms with Crippen molar-refractivity contribution in [2.24, 2.45) is 0 Å². The van der Waals surface area contributed by atoms with Crippen molar-refractivity contribution in [3.63, 3.8) is 0 Å². The normalized spacial score (nSPS) is 23.9. The van der Waals surface area contributed by atoms with E-state index >= 15 is 0 Å². The fraction of sp³-hybridized carbons (Fsp3) is 0.286. The van der Waals surface area contributed by atoms with Crippen LogP contribution in [-0.2, 0) is 9.84 Å². The number of thiazole rings is 1. The first-order chi connectivity index (χ1) is 6.55. The molecule has 2 rings (SSSR count). The lowest BCUT2D eigenvalue weighted by molar-refractivity contribution is 0.605. The number of anilines is 2. The number of hydrogen-bond donors (Lipinski definition) is 2. The largest absolute Gasteiger partial charge is 0.389 e. The van der Waals surface area contributed by atoms with E-state index in [-0.39, 0.29) is 11.8 Å². The molecule has 3 N–H and O–H groups in total. The fourth-order valence-corrected chi connectivity index (χ4v) is 3.06. The van der Waals surface area contributed by atoms with Crippen LogP contribution in [0.1, 0.15) is 0 Å². The molecule has 76 valence electrons. The van der Waals surface area contributed by atoms with E-state index in [2.05, 4.69) is 10.3 Å². The molecule has 0 aromatic carbocycles. The molecule has 5 nitrogen and oxygen atoms in total. The molecular formula is C7H9N3O2S2. The highest BCUT2D eigenvalue weighted by Crippen LogP contribution is 2.22. The second kappa shape index (κ2) is 3.25. The Morgan fingerprint density at radius 1 is 1.64 bits per heavy atom. The average Bonchev–Trinajstić information content (AvgIpc) is 2.59. The van der Waals surface area contributed by atoms with Gasteiger partial charge in [-0.2, -0.15) is 0 Å². The summed E-state index contributed by atoms with van der Waals surface area (Å²) in [4.78, 5) is 3.98. The third-order valence-electron chi connectivity index (χ3n) is 1.76. The number of aromatic nitrogens is 1. The number of hydrogen-bond acceptors (Lipinski definition) is 6. The van der Waals surface area contributed by atoms with Crippen molar-refractivity contribution in [3.8, 4) is 0 Å². The Kier molecular flexibility index (Phi) is 2.20. The lowest BCUT2D eigenvalue weighted by atomic mass is 10.3. The van der Waals surface area contributed by atoms with Crippen LogP contribution in [0.25, 0.3) is 0 Å². The number of sulfone groups is 1. The third-order valence-corrected chi connectivity index (χ3v) is 3.92. The molecule has 0 amide bonds. The van der Waals surface area contributed by atoms with E-state index in [0.717, 1.165) is 0 Å². The smallest absolute Gasteiger partial charge is 0.185 e. The van der Waals surface area contributed by atoms with E-state index in [9.17, 15) is 8.42 Å². The second-order valence-electron chi connectivity index (χ2n) is 2.98. The predicted octanol–water partition coefficient (Wildman–Crippen LogP) is 0.448. The van der Waals surface area contributed by atoms with Crippen LogP contribution in [0.3, 0.4) is 0 Å². The zero-order valence-corrected chi connectivity index (χ0v) is 8.81. The van der Waals surface area contributed by atoms with E-state index in [1.54, 1.807) is 12.3 Å². The lowest BCUT2D eigenvalue weighted by Gasteiger charge is -2.06. The number of nitrogens with two attached hydrogens (primary N) is 1. The van der Waals surface area contributed by atoms with Gasteiger partial charge in [0.05, 0.1) is 18.0 Å². The van der Waals surface area contributed by atoms with Gasteiger partial charge in [0.2, 0.25) is 0 Å². The molecule has 0 fully saturated rings. The Labute approximate surface area is 85.6 Å². The maximum Gasteiger partial charge on any atom is 0.185 e. The Bertz CT molecular complexity index is 463. The molecule has 1 aliphatic rings. The minimum Gasteiger partial charge on any atom is -0.389 e. The Morgan fingerprint density at radius 2 is 2.43 bits per heavy atom. The standard InChI is InChI=1S/C7H9N3O2S2/c8-6-3-9-7(13-6)10-5-1-2-14(11,12)4-5/h1-3,5H,4,8H2,(H,9,10). The van der Waals surface area contributed by atoms with Crippen LogP contribution in [0.15, 0.2) is 17.7 Å². The van der Waals surface area contributed by atoms with Gasteiger partial charge in [0.15, 0.2) is 15.0 Å². The lowest BCUT2D eigenvalue weighted by Crippen LogP contribution is -2.20. The molecule has 1 aliphatic heterocycles. The van der Waals surface area contributed by atoms with Gasteiger partial charge in [-0.3, -0.25) is 0 Å². The van der Waals surface area contributed by atoms with Crippen molar-refractivity contribution in [1.82, 2.24) is 4.98 Å².